The summed E-state index contributed by atoms with van der Waals surface area (Å²) in [6, 6.07) is 9.63. The SMILES string of the molecule is CS(=O)(=O)c1cccnc1N1CCN(c2ccc(F)cc2)CC1. The number of benzene rings is 1. The molecule has 0 N–H and O–H groups in total. The molecule has 0 aliphatic carbocycles. The first kappa shape index (κ1) is 15.7. The fourth-order valence-corrected chi connectivity index (χ4v) is 3.58. The van der Waals surface area contributed by atoms with E-state index in [1.54, 1.807) is 30.5 Å². The van der Waals surface area contributed by atoms with Crippen molar-refractivity contribution >= 4 is 21.3 Å². The summed E-state index contributed by atoms with van der Waals surface area (Å²) >= 11 is 0. The first-order valence-electron chi connectivity index (χ1n) is 7.36. The Hall–Kier alpha value is -2.15. The van der Waals surface area contributed by atoms with E-state index in [2.05, 4.69) is 9.88 Å². The van der Waals surface area contributed by atoms with Crippen LogP contribution in [0.25, 0.3) is 0 Å². The number of piperazine rings is 1. The second-order valence-electron chi connectivity index (χ2n) is 5.55. The maximum Gasteiger partial charge on any atom is 0.179 e. The van der Waals surface area contributed by atoms with Crippen molar-refractivity contribution in [3.63, 3.8) is 0 Å². The van der Waals surface area contributed by atoms with E-state index in [-0.39, 0.29) is 10.7 Å². The number of pyridine rings is 1. The summed E-state index contributed by atoms with van der Waals surface area (Å²) < 4.78 is 36.8. The highest BCUT2D eigenvalue weighted by Crippen LogP contribution is 2.25. The molecule has 1 fully saturated rings. The lowest BCUT2D eigenvalue weighted by atomic mass is 10.2. The van der Waals surface area contributed by atoms with Gasteiger partial charge in [0.25, 0.3) is 0 Å². The van der Waals surface area contributed by atoms with E-state index in [0.717, 1.165) is 18.8 Å². The van der Waals surface area contributed by atoms with Crippen molar-refractivity contribution in [2.75, 3.05) is 42.2 Å². The van der Waals surface area contributed by atoms with Gasteiger partial charge in [-0.05, 0) is 36.4 Å². The van der Waals surface area contributed by atoms with Crippen molar-refractivity contribution < 1.29 is 12.8 Å². The van der Waals surface area contributed by atoms with Gasteiger partial charge in [-0.3, -0.25) is 0 Å². The Morgan fingerprint density at radius 1 is 1.00 bits per heavy atom. The van der Waals surface area contributed by atoms with Crippen LogP contribution >= 0.6 is 0 Å². The third-order valence-corrected chi connectivity index (χ3v) is 5.04. The molecule has 1 aromatic carbocycles. The van der Waals surface area contributed by atoms with Crippen LogP contribution in [0.15, 0.2) is 47.5 Å². The van der Waals surface area contributed by atoms with Gasteiger partial charge in [-0.1, -0.05) is 0 Å². The maximum absolute atomic E-state index is 13.0. The molecule has 1 aliphatic rings. The van der Waals surface area contributed by atoms with Crippen LogP contribution < -0.4 is 9.80 Å². The summed E-state index contributed by atoms with van der Waals surface area (Å²) in [4.78, 5) is 8.65. The smallest absolute Gasteiger partial charge is 0.179 e. The number of sulfone groups is 1. The Kier molecular flexibility index (Phi) is 4.21. The van der Waals surface area contributed by atoms with Crippen molar-refractivity contribution in [2.45, 2.75) is 4.90 Å². The third kappa shape index (κ3) is 3.44. The van der Waals surface area contributed by atoms with E-state index in [4.69, 9.17) is 0 Å². The number of halogens is 1. The lowest BCUT2D eigenvalue weighted by Crippen LogP contribution is -2.47. The van der Waals surface area contributed by atoms with Crippen LogP contribution in [0.4, 0.5) is 15.9 Å². The van der Waals surface area contributed by atoms with E-state index in [9.17, 15) is 12.8 Å². The van der Waals surface area contributed by atoms with Crippen molar-refractivity contribution in [1.82, 2.24) is 4.98 Å². The van der Waals surface area contributed by atoms with Crippen LogP contribution in [0.5, 0.6) is 0 Å². The Labute approximate surface area is 135 Å². The van der Waals surface area contributed by atoms with Gasteiger partial charge in [-0.2, -0.15) is 0 Å². The first-order valence-corrected chi connectivity index (χ1v) is 9.25. The normalized spacial score (nSPS) is 15.7. The lowest BCUT2D eigenvalue weighted by Gasteiger charge is -2.37. The summed E-state index contributed by atoms with van der Waals surface area (Å²) in [5, 5.41) is 0. The average molecular weight is 335 g/mol. The van der Waals surface area contributed by atoms with E-state index >= 15 is 0 Å². The van der Waals surface area contributed by atoms with Gasteiger partial charge in [0.15, 0.2) is 9.84 Å². The van der Waals surface area contributed by atoms with Gasteiger partial charge >= 0.3 is 0 Å². The van der Waals surface area contributed by atoms with Gasteiger partial charge in [0.1, 0.15) is 16.5 Å². The quantitative estimate of drug-likeness (QED) is 0.858. The van der Waals surface area contributed by atoms with Crippen molar-refractivity contribution in [3.8, 4) is 0 Å². The topological polar surface area (TPSA) is 53.5 Å². The van der Waals surface area contributed by atoms with E-state index < -0.39 is 9.84 Å². The number of nitrogens with zero attached hydrogens (tertiary/aromatic N) is 3. The van der Waals surface area contributed by atoms with Gasteiger partial charge in [0, 0.05) is 44.3 Å². The number of hydrogen-bond donors (Lipinski definition) is 0. The van der Waals surface area contributed by atoms with Crippen LogP contribution in [0.3, 0.4) is 0 Å². The van der Waals surface area contributed by atoms with Gasteiger partial charge < -0.3 is 9.80 Å². The highest BCUT2D eigenvalue weighted by atomic mass is 32.2. The van der Waals surface area contributed by atoms with Crippen molar-refractivity contribution in [1.29, 1.82) is 0 Å². The highest BCUT2D eigenvalue weighted by Gasteiger charge is 2.23. The summed E-state index contributed by atoms with van der Waals surface area (Å²) in [5.41, 5.74) is 0.968. The minimum absolute atomic E-state index is 0.251. The van der Waals surface area contributed by atoms with E-state index in [1.165, 1.54) is 18.4 Å². The van der Waals surface area contributed by atoms with E-state index in [1.807, 2.05) is 4.90 Å². The second-order valence-corrected chi connectivity index (χ2v) is 7.53. The molecule has 0 amide bonds. The number of hydrogen-bond acceptors (Lipinski definition) is 5. The molecule has 0 spiro atoms. The molecule has 23 heavy (non-hydrogen) atoms. The Morgan fingerprint density at radius 3 is 2.22 bits per heavy atom. The molecule has 1 aliphatic heterocycles. The van der Waals surface area contributed by atoms with E-state index in [0.29, 0.717) is 18.9 Å². The van der Waals surface area contributed by atoms with Crippen LogP contribution in [-0.4, -0.2) is 45.8 Å². The van der Waals surface area contributed by atoms with Gasteiger partial charge in [-0.15, -0.1) is 0 Å². The van der Waals surface area contributed by atoms with Gasteiger partial charge in [0.05, 0.1) is 0 Å². The highest BCUT2D eigenvalue weighted by molar-refractivity contribution is 7.90. The molecule has 0 radical (unpaired) electrons. The molecule has 7 heteroatoms. The van der Waals surface area contributed by atoms with Crippen LogP contribution in [-0.2, 0) is 9.84 Å². The van der Waals surface area contributed by atoms with Crippen LogP contribution in [0.2, 0.25) is 0 Å². The molecule has 1 saturated heterocycles. The molecule has 5 nitrogen and oxygen atoms in total. The number of rotatable bonds is 3. The molecular weight excluding hydrogens is 317 g/mol. The molecule has 0 unspecified atom stereocenters. The Morgan fingerprint density at radius 2 is 1.61 bits per heavy atom. The Bertz CT molecular complexity index is 785. The largest absolute Gasteiger partial charge is 0.368 e. The molecule has 0 bridgehead atoms. The fourth-order valence-electron chi connectivity index (χ4n) is 2.74. The Balaban J connectivity index is 1.76. The minimum Gasteiger partial charge on any atom is -0.368 e. The second kappa shape index (κ2) is 6.16. The summed E-state index contributed by atoms with van der Waals surface area (Å²) in [6.45, 7) is 2.78. The maximum atomic E-state index is 13.0. The predicted octanol–water partition coefficient (Wildman–Crippen LogP) is 1.95. The zero-order valence-corrected chi connectivity index (χ0v) is 13.6. The van der Waals surface area contributed by atoms with Crippen LogP contribution in [0.1, 0.15) is 0 Å². The summed E-state index contributed by atoms with van der Waals surface area (Å²) in [7, 11) is -3.31. The van der Waals surface area contributed by atoms with Crippen LogP contribution in [0, 0.1) is 5.82 Å². The fraction of sp³-hybridized carbons (Fsp3) is 0.312. The third-order valence-electron chi connectivity index (χ3n) is 3.92. The minimum atomic E-state index is -3.31. The molecule has 2 aromatic rings. The van der Waals surface area contributed by atoms with Crippen molar-refractivity contribution in [3.05, 3.63) is 48.4 Å². The molecule has 0 saturated carbocycles. The number of anilines is 2. The standard InChI is InChI=1S/C16H18FN3O2S/c1-23(21,22)15-3-2-8-18-16(15)20-11-9-19(10-12-20)14-6-4-13(17)5-7-14/h2-8H,9-12H2,1H3. The average Bonchev–Trinajstić information content (AvgIpc) is 2.55. The summed E-state index contributed by atoms with van der Waals surface area (Å²) in [6.07, 6.45) is 2.80. The lowest BCUT2D eigenvalue weighted by molar-refractivity contribution is 0.598. The van der Waals surface area contributed by atoms with Crippen molar-refractivity contribution in [2.24, 2.45) is 0 Å². The molecule has 2 heterocycles. The molecule has 1 aromatic heterocycles. The molecular formula is C16H18FN3O2S. The molecule has 3 rings (SSSR count). The molecule has 122 valence electrons. The number of aromatic nitrogens is 1. The zero-order valence-electron chi connectivity index (χ0n) is 12.8. The molecule has 0 atom stereocenters. The monoisotopic (exact) mass is 335 g/mol. The zero-order chi connectivity index (χ0) is 16.4. The predicted molar refractivity (Wildman–Crippen MR) is 88.2 cm³/mol. The van der Waals surface area contributed by atoms with Gasteiger partial charge in [-0.25, -0.2) is 17.8 Å². The first-order chi connectivity index (χ1) is 10.9. The summed E-state index contributed by atoms with van der Waals surface area (Å²) in [5.74, 6) is 0.257. The van der Waals surface area contributed by atoms with Gasteiger partial charge in [0.2, 0.25) is 0 Å².